The molecule has 2 unspecified atom stereocenters. The predicted molar refractivity (Wildman–Crippen MR) is 114 cm³/mol. The van der Waals surface area contributed by atoms with E-state index in [2.05, 4.69) is 25.3 Å². The van der Waals surface area contributed by atoms with Gasteiger partial charge in [0.2, 0.25) is 5.91 Å². The van der Waals surface area contributed by atoms with Crippen LogP contribution in [0, 0.1) is 6.92 Å². The fourth-order valence-electron chi connectivity index (χ4n) is 4.44. The summed E-state index contributed by atoms with van der Waals surface area (Å²) in [7, 11) is 0. The summed E-state index contributed by atoms with van der Waals surface area (Å²) >= 11 is 0. The minimum atomic E-state index is -0.379. The molecule has 2 aliphatic rings. The molecule has 2 aliphatic heterocycles. The molecule has 2 saturated heterocycles. The maximum Gasteiger partial charge on any atom is 0.245 e. The average molecular weight is 422 g/mol. The van der Waals surface area contributed by atoms with Crippen LogP contribution in [0.25, 0.3) is 22.6 Å². The van der Waals surface area contributed by atoms with Gasteiger partial charge in [-0.1, -0.05) is 6.92 Å². The molecule has 3 atom stereocenters. The number of aryl methyl sites for hydroxylation is 2. The highest BCUT2D eigenvalue weighted by Crippen LogP contribution is 2.30. The lowest BCUT2D eigenvalue weighted by Gasteiger charge is -2.30. The number of nitrogens with zero attached hydrogens (tertiary/aromatic N) is 7. The first kappa shape index (κ1) is 19.8. The molecule has 0 saturated carbocycles. The third-order valence-corrected chi connectivity index (χ3v) is 6.09. The van der Waals surface area contributed by atoms with E-state index in [1.165, 1.54) is 6.33 Å². The van der Waals surface area contributed by atoms with Gasteiger partial charge in [0.15, 0.2) is 17.0 Å². The van der Waals surface area contributed by atoms with Crippen molar-refractivity contribution in [1.29, 1.82) is 0 Å². The molecule has 0 aromatic carbocycles. The van der Waals surface area contributed by atoms with Crippen molar-refractivity contribution in [2.45, 2.75) is 58.3 Å². The summed E-state index contributed by atoms with van der Waals surface area (Å²) in [5, 5.41) is 3.34. The number of aromatic nitrogens is 6. The molecule has 0 aliphatic carbocycles. The maximum absolute atomic E-state index is 13.2. The molecule has 0 spiro atoms. The highest BCUT2D eigenvalue weighted by molar-refractivity contribution is 5.90. The zero-order valence-corrected chi connectivity index (χ0v) is 17.9. The van der Waals surface area contributed by atoms with Gasteiger partial charge in [0, 0.05) is 25.5 Å². The lowest BCUT2D eigenvalue weighted by Crippen LogP contribution is -2.48. The van der Waals surface area contributed by atoms with Crippen LogP contribution >= 0.6 is 0 Å². The van der Waals surface area contributed by atoms with Crippen molar-refractivity contribution in [3.8, 4) is 11.4 Å². The Labute approximate surface area is 180 Å². The summed E-state index contributed by atoms with van der Waals surface area (Å²) < 4.78 is 7.65. The van der Waals surface area contributed by atoms with E-state index in [9.17, 15) is 4.79 Å². The average Bonchev–Trinajstić information content (AvgIpc) is 3.51. The van der Waals surface area contributed by atoms with Gasteiger partial charge in [-0.2, -0.15) is 0 Å². The van der Waals surface area contributed by atoms with Crippen LogP contribution in [-0.2, 0) is 16.1 Å². The van der Waals surface area contributed by atoms with Gasteiger partial charge in [-0.15, -0.1) is 0 Å². The fourth-order valence-corrected chi connectivity index (χ4v) is 4.44. The van der Waals surface area contributed by atoms with E-state index in [-0.39, 0.29) is 24.1 Å². The van der Waals surface area contributed by atoms with E-state index in [0.29, 0.717) is 48.9 Å². The highest BCUT2D eigenvalue weighted by atomic mass is 16.5. The number of ether oxygens (including phenoxy) is 1. The molecule has 2 fully saturated rings. The third kappa shape index (κ3) is 3.40. The zero-order chi connectivity index (χ0) is 21.5. The van der Waals surface area contributed by atoms with Crippen LogP contribution in [0.4, 0.5) is 5.82 Å². The monoisotopic (exact) mass is 422 g/mol. The molecule has 3 aromatic heterocycles. The maximum atomic E-state index is 13.2. The normalized spacial score (nSPS) is 21.1. The Balaban J connectivity index is 1.48. The smallest absolute Gasteiger partial charge is 0.245 e. The SMILES string of the molecule is CC[C@H](Nc1ncnc2c1nc(-c1cnc(C)nc1)n2CC)C(=O)N1CC2CC1CO2. The number of hydrogen-bond acceptors (Lipinski definition) is 8. The van der Waals surface area contributed by atoms with Gasteiger partial charge in [-0.3, -0.25) is 4.79 Å². The number of carbonyl (C=O) groups is 1. The quantitative estimate of drug-likeness (QED) is 0.640. The molecule has 1 N–H and O–H groups in total. The summed E-state index contributed by atoms with van der Waals surface area (Å²) in [6, 6.07) is -0.193. The Morgan fingerprint density at radius 1 is 1.26 bits per heavy atom. The van der Waals surface area contributed by atoms with E-state index in [0.717, 1.165) is 17.8 Å². The summed E-state index contributed by atoms with van der Waals surface area (Å²) in [6.07, 6.45) is 6.79. The molecule has 10 nitrogen and oxygen atoms in total. The van der Waals surface area contributed by atoms with Crippen LogP contribution in [-0.4, -0.2) is 71.6 Å². The number of rotatable bonds is 6. The lowest BCUT2D eigenvalue weighted by atomic mass is 10.1. The van der Waals surface area contributed by atoms with Gasteiger partial charge in [0.25, 0.3) is 0 Å². The van der Waals surface area contributed by atoms with Crippen LogP contribution < -0.4 is 5.32 Å². The molecule has 10 heteroatoms. The van der Waals surface area contributed by atoms with Crippen LogP contribution in [0.1, 0.15) is 32.5 Å². The molecule has 0 radical (unpaired) electrons. The van der Waals surface area contributed by atoms with Crippen LogP contribution in [0.5, 0.6) is 0 Å². The Kier molecular flexibility index (Phi) is 5.01. The number of morpholine rings is 1. The Bertz CT molecular complexity index is 1110. The number of imidazole rings is 1. The first-order valence-electron chi connectivity index (χ1n) is 10.8. The zero-order valence-electron chi connectivity index (χ0n) is 17.9. The van der Waals surface area contributed by atoms with Crippen molar-refractivity contribution in [2.24, 2.45) is 0 Å². The van der Waals surface area contributed by atoms with E-state index < -0.39 is 0 Å². The number of amides is 1. The van der Waals surface area contributed by atoms with Crippen LogP contribution in [0.3, 0.4) is 0 Å². The molecule has 31 heavy (non-hydrogen) atoms. The molecule has 162 valence electrons. The summed E-state index contributed by atoms with van der Waals surface area (Å²) in [6.45, 7) is 7.87. The van der Waals surface area contributed by atoms with Gasteiger partial charge in [0.1, 0.15) is 24.0 Å². The van der Waals surface area contributed by atoms with E-state index in [1.54, 1.807) is 12.4 Å². The number of fused-ring (bicyclic) bond motifs is 3. The lowest BCUT2D eigenvalue weighted by molar-refractivity contribution is -0.136. The highest BCUT2D eigenvalue weighted by Gasteiger charge is 2.43. The second-order valence-electron chi connectivity index (χ2n) is 8.03. The van der Waals surface area contributed by atoms with Crippen molar-refractivity contribution < 1.29 is 9.53 Å². The van der Waals surface area contributed by atoms with Gasteiger partial charge in [0.05, 0.1) is 24.3 Å². The number of carbonyl (C=O) groups excluding carboxylic acids is 1. The van der Waals surface area contributed by atoms with Gasteiger partial charge in [-0.05, 0) is 26.7 Å². The van der Waals surface area contributed by atoms with Crippen LogP contribution in [0.2, 0.25) is 0 Å². The van der Waals surface area contributed by atoms with Crippen molar-refractivity contribution >= 4 is 22.9 Å². The molecular weight excluding hydrogens is 396 g/mol. The second kappa shape index (κ2) is 7.84. The number of hydrogen-bond donors (Lipinski definition) is 1. The topological polar surface area (TPSA) is 111 Å². The minimum absolute atomic E-state index is 0.0899. The van der Waals surface area contributed by atoms with Crippen molar-refractivity contribution in [3.63, 3.8) is 0 Å². The van der Waals surface area contributed by atoms with Gasteiger partial charge < -0.3 is 19.5 Å². The molecule has 5 heterocycles. The molecule has 2 bridgehead atoms. The second-order valence-corrected chi connectivity index (χ2v) is 8.03. The van der Waals surface area contributed by atoms with Gasteiger partial charge >= 0.3 is 0 Å². The van der Waals surface area contributed by atoms with E-state index >= 15 is 0 Å². The Hall–Kier alpha value is -3.14. The summed E-state index contributed by atoms with van der Waals surface area (Å²) in [4.78, 5) is 37.5. The molecule has 5 rings (SSSR count). The van der Waals surface area contributed by atoms with E-state index in [1.807, 2.05) is 30.2 Å². The largest absolute Gasteiger partial charge is 0.374 e. The predicted octanol–water partition coefficient (Wildman–Crippen LogP) is 1.80. The summed E-state index contributed by atoms with van der Waals surface area (Å²) in [5.41, 5.74) is 2.16. The molecular formula is C21H26N8O2. The number of nitrogens with one attached hydrogen (secondary N) is 1. The van der Waals surface area contributed by atoms with Crippen LogP contribution in [0.15, 0.2) is 18.7 Å². The minimum Gasteiger partial charge on any atom is -0.374 e. The fraction of sp³-hybridized carbons (Fsp3) is 0.524. The first-order valence-corrected chi connectivity index (χ1v) is 10.8. The number of anilines is 1. The third-order valence-electron chi connectivity index (χ3n) is 6.09. The number of likely N-dealkylation sites (tertiary alicyclic amines) is 1. The Morgan fingerprint density at radius 2 is 2.06 bits per heavy atom. The standard InChI is InChI=1S/C21H26N8O2/c1-4-16(21(30)29-9-15-6-14(29)10-31-15)26-18-17-20(25-11-24-18)28(5-2)19(27-17)13-7-22-12(3)23-8-13/h7-8,11,14-16H,4-6,9-10H2,1-3H3,(H,24,25,26)/t14?,15?,16-/m0/s1. The first-order chi connectivity index (χ1) is 15.1. The van der Waals surface area contributed by atoms with Gasteiger partial charge in [-0.25, -0.2) is 24.9 Å². The molecule has 1 amide bonds. The summed E-state index contributed by atoms with van der Waals surface area (Å²) in [5.74, 6) is 2.09. The van der Waals surface area contributed by atoms with Crippen molar-refractivity contribution in [3.05, 3.63) is 24.5 Å². The van der Waals surface area contributed by atoms with Crippen molar-refractivity contribution in [2.75, 3.05) is 18.5 Å². The Morgan fingerprint density at radius 3 is 2.71 bits per heavy atom. The van der Waals surface area contributed by atoms with E-state index in [4.69, 9.17) is 9.72 Å². The molecule has 3 aromatic rings. The van der Waals surface area contributed by atoms with Crippen molar-refractivity contribution in [1.82, 2.24) is 34.4 Å².